The van der Waals surface area contributed by atoms with Crippen molar-refractivity contribution >= 4 is 5.91 Å². The van der Waals surface area contributed by atoms with Crippen LogP contribution >= 0.6 is 0 Å². The molecule has 0 bridgehead atoms. The van der Waals surface area contributed by atoms with Gasteiger partial charge in [-0.15, -0.1) is 0 Å². The highest BCUT2D eigenvalue weighted by Gasteiger charge is 2.14. The summed E-state index contributed by atoms with van der Waals surface area (Å²) in [6.45, 7) is 9.78. The maximum atomic E-state index is 11.8. The lowest BCUT2D eigenvalue weighted by molar-refractivity contribution is 0.0948. The van der Waals surface area contributed by atoms with E-state index in [0.717, 1.165) is 39.1 Å². The number of likely N-dealkylation sites (N-methyl/N-ethyl adjacent to an activating group) is 1. The van der Waals surface area contributed by atoms with Crippen molar-refractivity contribution in [1.29, 1.82) is 0 Å². The molecule has 5 heteroatoms. The highest BCUT2D eigenvalue weighted by Crippen LogP contribution is 2.01. The minimum atomic E-state index is -0.0109. The predicted octanol–water partition coefficient (Wildman–Crippen LogP) is 0.839. The molecule has 0 atom stereocenters. The summed E-state index contributed by atoms with van der Waals surface area (Å²) >= 11 is 0. The van der Waals surface area contributed by atoms with E-state index in [2.05, 4.69) is 27.0 Å². The first-order valence-electron chi connectivity index (χ1n) is 7.42. The highest BCUT2D eigenvalue weighted by atomic mass is 16.1. The fourth-order valence-corrected chi connectivity index (χ4v) is 2.44. The van der Waals surface area contributed by atoms with E-state index in [9.17, 15) is 4.79 Å². The number of hydrogen-bond acceptors (Lipinski definition) is 4. The molecule has 1 aliphatic rings. The second kappa shape index (κ2) is 7.97. The molecule has 0 radical (unpaired) electrons. The zero-order chi connectivity index (χ0) is 14.2. The van der Waals surface area contributed by atoms with Crippen molar-refractivity contribution in [2.75, 3.05) is 45.8 Å². The standard InChI is InChI=1S/C15H24N4O/c1-2-18-10-12-19(13-11-18)9-3-6-17-15(20)14-4-7-16-8-5-14/h4-5,7-8H,2-3,6,9-13H2,1H3,(H,17,20). The second-order valence-corrected chi connectivity index (χ2v) is 5.12. The van der Waals surface area contributed by atoms with Crippen molar-refractivity contribution in [2.45, 2.75) is 13.3 Å². The van der Waals surface area contributed by atoms with E-state index < -0.39 is 0 Å². The van der Waals surface area contributed by atoms with Gasteiger partial charge in [0.2, 0.25) is 0 Å². The van der Waals surface area contributed by atoms with E-state index in [1.165, 1.54) is 13.1 Å². The third kappa shape index (κ3) is 4.58. The van der Waals surface area contributed by atoms with Crippen LogP contribution in [0.15, 0.2) is 24.5 Å². The number of hydrogen-bond donors (Lipinski definition) is 1. The number of nitrogens with one attached hydrogen (secondary N) is 1. The Morgan fingerprint density at radius 3 is 2.50 bits per heavy atom. The van der Waals surface area contributed by atoms with Gasteiger partial charge in [0, 0.05) is 50.7 Å². The fraction of sp³-hybridized carbons (Fsp3) is 0.600. The minimum Gasteiger partial charge on any atom is -0.352 e. The molecule has 1 aromatic heterocycles. The van der Waals surface area contributed by atoms with Crippen molar-refractivity contribution in [3.05, 3.63) is 30.1 Å². The normalized spacial score (nSPS) is 17.1. The Balaban J connectivity index is 1.59. The average Bonchev–Trinajstić information content (AvgIpc) is 2.53. The highest BCUT2D eigenvalue weighted by molar-refractivity contribution is 5.93. The van der Waals surface area contributed by atoms with Gasteiger partial charge in [0.15, 0.2) is 0 Å². The van der Waals surface area contributed by atoms with Crippen molar-refractivity contribution in [3.8, 4) is 0 Å². The molecule has 1 aliphatic heterocycles. The Labute approximate surface area is 121 Å². The minimum absolute atomic E-state index is 0.0109. The smallest absolute Gasteiger partial charge is 0.251 e. The third-order valence-electron chi connectivity index (χ3n) is 3.79. The Kier molecular flexibility index (Phi) is 5.95. The summed E-state index contributed by atoms with van der Waals surface area (Å²) in [6, 6.07) is 3.47. The summed E-state index contributed by atoms with van der Waals surface area (Å²) < 4.78 is 0. The molecule has 0 spiro atoms. The second-order valence-electron chi connectivity index (χ2n) is 5.12. The molecule has 0 aliphatic carbocycles. The number of amides is 1. The number of aromatic nitrogens is 1. The number of rotatable bonds is 6. The summed E-state index contributed by atoms with van der Waals surface area (Å²) in [4.78, 5) is 20.7. The molecule has 1 N–H and O–H groups in total. The molecule has 0 aromatic carbocycles. The molecular formula is C15H24N4O. The van der Waals surface area contributed by atoms with Crippen molar-refractivity contribution in [3.63, 3.8) is 0 Å². The van der Waals surface area contributed by atoms with Crippen LogP contribution in [0.25, 0.3) is 0 Å². The van der Waals surface area contributed by atoms with Crippen LogP contribution in [0.5, 0.6) is 0 Å². The SMILES string of the molecule is CCN1CCN(CCCNC(=O)c2ccncc2)CC1. The van der Waals surface area contributed by atoms with Crippen LogP contribution in [0.3, 0.4) is 0 Å². The predicted molar refractivity (Wildman–Crippen MR) is 79.7 cm³/mol. The van der Waals surface area contributed by atoms with Gasteiger partial charge in [0.1, 0.15) is 0 Å². The van der Waals surface area contributed by atoms with E-state index in [1.54, 1.807) is 24.5 Å². The molecule has 1 fully saturated rings. The lowest BCUT2D eigenvalue weighted by Crippen LogP contribution is -2.46. The van der Waals surface area contributed by atoms with Crippen LogP contribution < -0.4 is 5.32 Å². The topological polar surface area (TPSA) is 48.5 Å². The van der Waals surface area contributed by atoms with Gasteiger partial charge in [-0.2, -0.15) is 0 Å². The van der Waals surface area contributed by atoms with Gasteiger partial charge in [-0.25, -0.2) is 0 Å². The third-order valence-corrected chi connectivity index (χ3v) is 3.79. The van der Waals surface area contributed by atoms with Gasteiger partial charge < -0.3 is 15.1 Å². The first-order chi connectivity index (χ1) is 9.79. The molecule has 1 saturated heterocycles. The van der Waals surface area contributed by atoms with Crippen molar-refractivity contribution in [2.24, 2.45) is 0 Å². The van der Waals surface area contributed by atoms with Gasteiger partial charge in [-0.3, -0.25) is 9.78 Å². The van der Waals surface area contributed by atoms with Gasteiger partial charge in [-0.1, -0.05) is 6.92 Å². The number of carbonyl (C=O) groups is 1. The first kappa shape index (κ1) is 14.9. The largest absolute Gasteiger partial charge is 0.352 e. The molecule has 20 heavy (non-hydrogen) atoms. The number of nitrogens with zero attached hydrogens (tertiary/aromatic N) is 3. The molecular weight excluding hydrogens is 252 g/mol. The van der Waals surface area contributed by atoms with Gasteiger partial charge in [0.05, 0.1) is 0 Å². The molecule has 1 aromatic rings. The maximum absolute atomic E-state index is 11.8. The zero-order valence-corrected chi connectivity index (χ0v) is 12.2. The maximum Gasteiger partial charge on any atom is 0.251 e. The fourth-order valence-electron chi connectivity index (χ4n) is 2.44. The number of carbonyl (C=O) groups excluding carboxylic acids is 1. The summed E-state index contributed by atoms with van der Waals surface area (Å²) in [5.41, 5.74) is 0.677. The Morgan fingerprint density at radius 1 is 1.20 bits per heavy atom. The van der Waals surface area contributed by atoms with Crippen LogP contribution in [0.2, 0.25) is 0 Å². The molecule has 2 heterocycles. The Hall–Kier alpha value is -1.46. The van der Waals surface area contributed by atoms with E-state index in [4.69, 9.17) is 0 Å². The van der Waals surface area contributed by atoms with E-state index >= 15 is 0 Å². The van der Waals surface area contributed by atoms with Crippen LogP contribution in [0.1, 0.15) is 23.7 Å². The number of piperazine rings is 1. The molecule has 2 rings (SSSR count). The summed E-state index contributed by atoms with van der Waals surface area (Å²) in [7, 11) is 0. The molecule has 0 saturated carbocycles. The summed E-state index contributed by atoms with van der Waals surface area (Å²) in [5, 5.41) is 2.95. The quantitative estimate of drug-likeness (QED) is 0.782. The van der Waals surface area contributed by atoms with Crippen LogP contribution in [-0.2, 0) is 0 Å². The van der Waals surface area contributed by atoms with Gasteiger partial charge >= 0.3 is 0 Å². The molecule has 110 valence electrons. The lowest BCUT2D eigenvalue weighted by Gasteiger charge is -2.33. The number of pyridine rings is 1. The summed E-state index contributed by atoms with van der Waals surface area (Å²) in [5.74, 6) is -0.0109. The first-order valence-corrected chi connectivity index (χ1v) is 7.42. The lowest BCUT2D eigenvalue weighted by atomic mass is 10.2. The van der Waals surface area contributed by atoms with Crippen molar-refractivity contribution in [1.82, 2.24) is 20.1 Å². The Morgan fingerprint density at radius 2 is 1.85 bits per heavy atom. The summed E-state index contributed by atoms with van der Waals surface area (Å²) in [6.07, 6.45) is 4.28. The molecule has 0 unspecified atom stereocenters. The zero-order valence-electron chi connectivity index (χ0n) is 12.2. The van der Waals surface area contributed by atoms with Gasteiger partial charge in [0.25, 0.3) is 5.91 Å². The van der Waals surface area contributed by atoms with Crippen LogP contribution in [-0.4, -0.2) is 66.5 Å². The average molecular weight is 276 g/mol. The van der Waals surface area contributed by atoms with E-state index in [-0.39, 0.29) is 5.91 Å². The monoisotopic (exact) mass is 276 g/mol. The van der Waals surface area contributed by atoms with Gasteiger partial charge in [-0.05, 0) is 31.6 Å². The van der Waals surface area contributed by atoms with E-state index in [1.807, 2.05) is 0 Å². The molecule has 5 nitrogen and oxygen atoms in total. The van der Waals surface area contributed by atoms with E-state index in [0.29, 0.717) is 5.56 Å². The Bertz CT molecular complexity index is 402. The molecule has 1 amide bonds. The van der Waals surface area contributed by atoms with Crippen LogP contribution in [0, 0.1) is 0 Å². The van der Waals surface area contributed by atoms with Crippen molar-refractivity contribution < 1.29 is 4.79 Å². The van der Waals surface area contributed by atoms with Crippen LogP contribution in [0.4, 0.5) is 0 Å².